The Morgan fingerprint density at radius 3 is 2.75 bits per heavy atom. The van der Waals surface area contributed by atoms with Gasteiger partial charge in [0.1, 0.15) is 12.4 Å². The van der Waals surface area contributed by atoms with Crippen molar-refractivity contribution in [3.8, 4) is 11.4 Å². The van der Waals surface area contributed by atoms with E-state index in [-0.39, 0.29) is 18.0 Å². The van der Waals surface area contributed by atoms with Gasteiger partial charge in [0.2, 0.25) is 5.91 Å². The molecule has 5 nitrogen and oxygen atoms in total. The standard InChI is InChI=1S/C22H20ClN3O2/c1-2-18-13-20(27)26(22(24-18)16-7-5-8-17(23)12-16)14-21(28)25-11-10-15-6-3-4-9-19(15)25/h3-9,12-13H,2,10-11,14H2,1H3. The molecule has 0 bridgehead atoms. The number of hydrogen-bond acceptors (Lipinski definition) is 3. The fraction of sp³-hybridized carbons (Fsp3) is 0.227. The Kier molecular flexibility index (Phi) is 5.01. The molecule has 0 N–H and O–H groups in total. The number of aryl methyl sites for hydroxylation is 1. The van der Waals surface area contributed by atoms with E-state index >= 15 is 0 Å². The second-order valence-corrected chi connectivity index (χ2v) is 7.22. The number of fused-ring (bicyclic) bond motifs is 1. The summed E-state index contributed by atoms with van der Waals surface area (Å²) in [6.07, 6.45) is 1.46. The van der Waals surface area contributed by atoms with E-state index in [4.69, 9.17) is 11.6 Å². The highest BCUT2D eigenvalue weighted by molar-refractivity contribution is 6.30. The Bertz CT molecular complexity index is 1110. The normalized spacial score (nSPS) is 12.9. The van der Waals surface area contributed by atoms with E-state index in [0.29, 0.717) is 29.5 Å². The maximum Gasteiger partial charge on any atom is 0.254 e. The van der Waals surface area contributed by atoms with Gasteiger partial charge < -0.3 is 4.90 Å². The van der Waals surface area contributed by atoms with Crippen molar-refractivity contribution in [2.24, 2.45) is 0 Å². The SMILES string of the molecule is CCc1cc(=O)n(CC(=O)N2CCc3ccccc32)c(-c2cccc(Cl)c2)n1. The summed E-state index contributed by atoms with van der Waals surface area (Å²) in [5.41, 5.74) is 3.24. The molecule has 0 unspecified atom stereocenters. The van der Waals surface area contributed by atoms with Crippen LogP contribution in [0.5, 0.6) is 0 Å². The number of anilines is 1. The number of rotatable bonds is 4. The third kappa shape index (κ3) is 3.45. The lowest BCUT2D eigenvalue weighted by Crippen LogP contribution is -2.36. The summed E-state index contributed by atoms with van der Waals surface area (Å²) in [5.74, 6) is 0.342. The van der Waals surface area contributed by atoms with Gasteiger partial charge in [0, 0.05) is 34.6 Å². The van der Waals surface area contributed by atoms with E-state index < -0.39 is 0 Å². The topological polar surface area (TPSA) is 55.2 Å². The van der Waals surface area contributed by atoms with Crippen LogP contribution in [-0.2, 0) is 24.2 Å². The van der Waals surface area contributed by atoms with Gasteiger partial charge in [-0.25, -0.2) is 4.98 Å². The predicted molar refractivity (Wildman–Crippen MR) is 111 cm³/mol. The zero-order chi connectivity index (χ0) is 19.7. The minimum Gasteiger partial charge on any atom is -0.310 e. The van der Waals surface area contributed by atoms with Crippen molar-refractivity contribution in [3.63, 3.8) is 0 Å². The van der Waals surface area contributed by atoms with Crippen LogP contribution in [0.4, 0.5) is 5.69 Å². The number of para-hydroxylation sites is 1. The zero-order valence-corrected chi connectivity index (χ0v) is 16.3. The Hall–Kier alpha value is -2.92. The van der Waals surface area contributed by atoms with Crippen molar-refractivity contribution in [1.82, 2.24) is 9.55 Å². The van der Waals surface area contributed by atoms with E-state index in [1.54, 1.807) is 17.0 Å². The third-order valence-corrected chi connectivity index (χ3v) is 5.22. The number of benzene rings is 2. The Labute approximate surface area is 168 Å². The molecule has 0 saturated heterocycles. The predicted octanol–water partition coefficient (Wildman–Crippen LogP) is 3.72. The Morgan fingerprint density at radius 1 is 1.14 bits per heavy atom. The second-order valence-electron chi connectivity index (χ2n) is 6.78. The van der Waals surface area contributed by atoms with Gasteiger partial charge in [-0.2, -0.15) is 0 Å². The lowest BCUT2D eigenvalue weighted by molar-refractivity contribution is -0.119. The molecule has 1 aliphatic rings. The molecule has 1 aromatic heterocycles. The van der Waals surface area contributed by atoms with Gasteiger partial charge in [0.25, 0.3) is 5.56 Å². The van der Waals surface area contributed by atoms with Crippen LogP contribution in [0.2, 0.25) is 5.02 Å². The molecule has 0 atom stereocenters. The van der Waals surface area contributed by atoms with Crippen molar-refractivity contribution < 1.29 is 4.79 Å². The average Bonchev–Trinajstić information content (AvgIpc) is 3.13. The molecule has 1 aliphatic heterocycles. The first-order valence-corrected chi connectivity index (χ1v) is 9.69. The molecule has 6 heteroatoms. The molecule has 0 spiro atoms. The number of amides is 1. The first-order valence-electron chi connectivity index (χ1n) is 9.32. The highest BCUT2D eigenvalue weighted by Gasteiger charge is 2.25. The largest absolute Gasteiger partial charge is 0.310 e. The van der Waals surface area contributed by atoms with Crippen LogP contribution in [-0.4, -0.2) is 22.0 Å². The smallest absolute Gasteiger partial charge is 0.254 e. The molecule has 0 aliphatic carbocycles. The van der Waals surface area contributed by atoms with Gasteiger partial charge in [-0.3, -0.25) is 14.2 Å². The molecule has 3 aromatic rings. The van der Waals surface area contributed by atoms with Crippen LogP contribution in [0.15, 0.2) is 59.4 Å². The lowest BCUT2D eigenvalue weighted by atomic mass is 10.2. The third-order valence-electron chi connectivity index (χ3n) is 4.99. The molecular weight excluding hydrogens is 374 g/mol. The van der Waals surface area contributed by atoms with Gasteiger partial charge in [0.15, 0.2) is 0 Å². The first-order chi connectivity index (χ1) is 13.6. The second kappa shape index (κ2) is 7.60. The summed E-state index contributed by atoms with van der Waals surface area (Å²) in [6, 6.07) is 16.6. The molecule has 1 amide bonds. The van der Waals surface area contributed by atoms with E-state index in [1.165, 1.54) is 10.6 Å². The number of aromatic nitrogens is 2. The minimum atomic E-state index is -0.234. The summed E-state index contributed by atoms with van der Waals surface area (Å²) in [7, 11) is 0. The lowest BCUT2D eigenvalue weighted by Gasteiger charge is -2.19. The van der Waals surface area contributed by atoms with Crippen molar-refractivity contribution in [3.05, 3.63) is 81.2 Å². The summed E-state index contributed by atoms with van der Waals surface area (Å²) < 4.78 is 1.44. The van der Waals surface area contributed by atoms with Crippen LogP contribution in [0, 0.1) is 0 Å². The number of halogens is 1. The van der Waals surface area contributed by atoms with Gasteiger partial charge in [-0.05, 0) is 36.6 Å². The van der Waals surface area contributed by atoms with Crippen LogP contribution >= 0.6 is 11.6 Å². The average molecular weight is 394 g/mol. The van der Waals surface area contributed by atoms with Gasteiger partial charge >= 0.3 is 0 Å². The molecule has 2 aromatic carbocycles. The van der Waals surface area contributed by atoms with Crippen molar-refractivity contribution in [2.75, 3.05) is 11.4 Å². The van der Waals surface area contributed by atoms with E-state index in [9.17, 15) is 9.59 Å². The van der Waals surface area contributed by atoms with Gasteiger partial charge in [-0.15, -0.1) is 0 Å². The molecule has 2 heterocycles. The molecular formula is C22H20ClN3O2. The monoisotopic (exact) mass is 393 g/mol. The summed E-state index contributed by atoms with van der Waals surface area (Å²) in [5, 5.41) is 0.556. The maximum atomic E-state index is 13.0. The van der Waals surface area contributed by atoms with Crippen molar-refractivity contribution >= 4 is 23.2 Å². The van der Waals surface area contributed by atoms with E-state index in [0.717, 1.165) is 23.2 Å². The molecule has 0 fully saturated rings. The maximum absolute atomic E-state index is 13.0. The number of hydrogen-bond donors (Lipinski definition) is 0. The number of carbonyl (C=O) groups is 1. The van der Waals surface area contributed by atoms with Crippen molar-refractivity contribution in [1.29, 1.82) is 0 Å². The molecule has 28 heavy (non-hydrogen) atoms. The highest BCUT2D eigenvalue weighted by Crippen LogP contribution is 2.28. The fourth-order valence-electron chi connectivity index (χ4n) is 3.55. The fourth-order valence-corrected chi connectivity index (χ4v) is 3.74. The highest BCUT2D eigenvalue weighted by atomic mass is 35.5. The molecule has 142 valence electrons. The van der Waals surface area contributed by atoms with E-state index in [1.807, 2.05) is 43.3 Å². The Balaban J connectivity index is 1.74. The summed E-state index contributed by atoms with van der Waals surface area (Å²) in [4.78, 5) is 32.2. The zero-order valence-electron chi connectivity index (χ0n) is 15.6. The summed E-state index contributed by atoms with van der Waals surface area (Å²) >= 11 is 6.14. The molecule has 0 saturated carbocycles. The number of nitrogens with zero attached hydrogens (tertiary/aromatic N) is 3. The van der Waals surface area contributed by atoms with Crippen LogP contribution in [0.1, 0.15) is 18.2 Å². The van der Waals surface area contributed by atoms with E-state index in [2.05, 4.69) is 4.98 Å². The first kappa shape index (κ1) is 18.4. The van der Waals surface area contributed by atoms with Gasteiger partial charge in [-0.1, -0.05) is 48.9 Å². The van der Waals surface area contributed by atoms with Crippen molar-refractivity contribution in [2.45, 2.75) is 26.3 Å². The minimum absolute atomic E-state index is 0.0635. The quantitative estimate of drug-likeness (QED) is 0.678. The van der Waals surface area contributed by atoms with Crippen LogP contribution in [0.25, 0.3) is 11.4 Å². The number of carbonyl (C=O) groups excluding carboxylic acids is 1. The molecule has 4 rings (SSSR count). The van der Waals surface area contributed by atoms with Crippen LogP contribution < -0.4 is 10.5 Å². The molecule has 0 radical (unpaired) electrons. The van der Waals surface area contributed by atoms with Crippen LogP contribution in [0.3, 0.4) is 0 Å². The Morgan fingerprint density at radius 2 is 1.96 bits per heavy atom. The summed E-state index contributed by atoms with van der Waals surface area (Å²) in [6.45, 7) is 2.51. The van der Waals surface area contributed by atoms with Gasteiger partial charge in [0.05, 0.1) is 0 Å².